The van der Waals surface area contributed by atoms with Crippen molar-refractivity contribution in [1.29, 1.82) is 0 Å². The Morgan fingerprint density at radius 1 is 1.13 bits per heavy atom. The monoisotopic (exact) mass is 425 g/mol. The maximum absolute atomic E-state index is 10.8. The molecule has 31 heavy (non-hydrogen) atoms. The number of hydrogen-bond acceptors (Lipinski definition) is 2. The van der Waals surface area contributed by atoms with Crippen LogP contribution in [-0.4, -0.2) is 23.8 Å². The molecule has 0 aromatic heterocycles. The summed E-state index contributed by atoms with van der Waals surface area (Å²) in [6, 6.07) is 11.6. The van der Waals surface area contributed by atoms with E-state index in [4.69, 9.17) is 0 Å². The molecule has 174 valence electrons. The minimum Gasteiger partial charge on any atom is -0.390 e. The number of rotatable bonds is 7. The molecule has 2 heteroatoms. The molecule has 3 saturated carbocycles. The van der Waals surface area contributed by atoms with Gasteiger partial charge in [0.2, 0.25) is 0 Å². The molecule has 3 aliphatic rings. The summed E-state index contributed by atoms with van der Waals surface area (Å²) in [4.78, 5) is 2.54. The summed E-state index contributed by atoms with van der Waals surface area (Å²) >= 11 is 0. The fourth-order valence-corrected chi connectivity index (χ4v) is 8.52. The minimum absolute atomic E-state index is 0.453. The van der Waals surface area contributed by atoms with Gasteiger partial charge in [-0.2, -0.15) is 0 Å². The Morgan fingerprint density at radius 3 is 2.58 bits per heavy atom. The van der Waals surface area contributed by atoms with Crippen LogP contribution in [0.1, 0.15) is 91.9 Å². The molecule has 0 spiro atoms. The van der Waals surface area contributed by atoms with Crippen molar-refractivity contribution in [2.75, 3.05) is 11.9 Å². The largest absolute Gasteiger partial charge is 0.390 e. The van der Waals surface area contributed by atoms with Gasteiger partial charge in [-0.1, -0.05) is 44.9 Å². The van der Waals surface area contributed by atoms with E-state index in [-0.39, 0.29) is 0 Å². The quantitative estimate of drug-likeness (QED) is 0.495. The number of aliphatic hydroxyl groups is 1. The Kier molecular flexibility index (Phi) is 6.78. The van der Waals surface area contributed by atoms with Gasteiger partial charge in [0.1, 0.15) is 0 Å². The molecule has 2 nitrogen and oxygen atoms in total. The summed E-state index contributed by atoms with van der Waals surface area (Å²) in [5.41, 5.74) is 1.41. The molecule has 8 atom stereocenters. The van der Waals surface area contributed by atoms with Crippen LogP contribution in [0.4, 0.5) is 5.69 Å². The number of para-hydroxylation sites is 1. The highest BCUT2D eigenvalue weighted by Gasteiger charge is 2.56. The van der Waals surface area contributed by atoms with E-state index < -0.39 is 5.60 Å². The van der Waals surface area contributed by atoms with E-state index in [1.807, 2.05) is 0 Å². The molecule has 0 bridgehead atoms. The van der Waals surface area contributed by atoms with Crippen LogP contribution >= 0.6 is 0 Å². The lowest BCUT2D eigenvalue weighted by atomic mass is 9.53. The van der Waals surface area contributed by atoms with Gasteiger partial charge in [-0.05, 0) is 112 Å². The highest BCUT2D eigenvalue weighted by atomic mass is 16.3. The van der Waals surface area contributed by atoms with E-state index in [0.29, 0.717) is 11.5 Å². The Balaban J connectivity index is 1.42. The highest BCUT2D eigenvalue weighted by molar-refractivity contribution is 5.46. The normalized spacial score (nSPS) is 38.1. The summed E-state index contributed by atoms with van der Waals surface area (Å²) in [6.45, 7) is 9.40. The summed E-state index contributed by atoms with van der Waals surface area (Å²) in [7, 11) is 2.30. The van der Waals surface area contributed by atoms with Crippen LogP contribution in [-0.2, 0) is 0 Å². The number of anilines is 1. The van der Waals surface area contributed by atoms with E-state index in [9.17, 15) is 5.11 Å². The second kappa shape index (κ2) is 9.08. The summed E-state index contributed by atoms with van der Waals surface area (Å²) in [5, 5.41) is 10.8. The van der Waals surface area contributed by atoms with Crippen molar-refractivity contribution in [3.8, 4) is 0 Å². The smallest absolute Gasteiger partial charge is 0.0622 e. The molecule has 0 radical (unpaired) electrons. The molecule has 4 rings (SSSR count). The lowest BCUT2D eigenvalue weighted by molar-refractivity contribution is -0.0410. The Hall–Kier alpha value is -1.02. The molecule has 1 aromatic carbocycles. The molecule has 0 unspecified atom stereocenters. The van der Waals surface area contributed by atoms with Crippen LogP contribution in [0.5, 0.6) is 0 Å². The first kappa shape index (κ1) is 23.1. The maximum Gasteiger partial charge on any atom is 0.0622 e. The average molecular weight is 426 g/mol. The van der Waals surface area contributed by atoms with Crippen LogP contribution in [0.25, 0.3) is 0 Å². The van der Waals surface area contributed by atoms with Crippen molar-refractivity contribution in [1.82, 2.24) is 0 Å². The second-order valence-corrected chi connectivity index (χ2v) is 12.1. The van der Waals surface area contributed by atoms with E-state index in [1.54, 1.807) is 0 Å². The number of hydrogen-bond donors (Lipinski definition) is 1. The molecule has 0 saturated heterocycles. The molecule has 3 fully saturated rings. The van der Waals surface area contributed by atoms with Crippen LogP contribution in [0.15, 0.2) is 30.3 Å². The van der Waals surface area contributed by atoms with Gasteiger partial charge in [-0.3, -0.25) is 0 Å². The average Bonchev–Trinajstić information content (AvgIpc) is 3.10. The zero-order valence-electron chi connectivity index (χ0n) is 20.8. The molecule has 1 N–H and O–H groups in total. The van der Waals surface area contributed by atoms with E-state index in [0.717, 1.165) is 48.9 Å². The second-order valence-electron chi connectivity index (χ2n) is 12.1. The predicted octanol–water partition coefficient (Wildman–Crippen LogP) is 7.31. The topological polar surface area (TPSA) is 23.5 Å². The van der Waals surface area contributed by atoms with Crippen molar-refractivity contribution in [3.05, 3.63) is 30.3 Å². The Morgan fingerprint density at radius 2 is 1.87 bits per heavy atom. The molecule has 3 aliphatic carbocycles. The van der Waals surface area contributed by atoms with Gasteiger partial charge in [0.15, 0.2) is 0 Å². The molecule has 0 amide bonds. The van der Waals surface area contributed by atoms with Crippen LogP contribution in [0.2, 0.25) is 0 Å². The third-order valence-electron chi connectivity index (χ3n) is 10.1. The molecule has 0 aliphatic heterocycles. The van der Waals surface area contributed by atoms with Crippen LogP contribution in [0.3, 0.4) is 0 Å². The van der Waals surface area contributed by atoms with Gasteiger partial charge in [0, 0.05) is 18.8 Å². The SMILES string of the molecule is CCC[C@@](C)(O)C[C@H]1CC[C@@H]2[C@H](CC[C@]3(C)[C@@H]([C@H](C)N(C)c4ccccc4)CC[C@@H]23)C1. The third-order valence-corrected chi connectivity index (χ3v) is 10.1. The Bertz CT molecular complexity index is 715. The van der Waals surface area contributed by atoms with Gasteiger partial charge < -0.3 is 10.0 Å². The third kappa shape index (κ3) is 4.56. The fraction of sp³-hybridized carbons (Fsp3) is 0.793. The summed E-state index contributed by atoms with van der Waals surface area (Å²) in [6.07, 6.45) is 12.9. The zero-order chi connectivity index (χ0) is 22.2. The van der Waals surface area contributed by atoms with Crippen molar-refractivity contribution >= 4 is 5.69 Å². The van der Waals surface area contributed by atoms with Crippen molar-refractivity contribution < 1.29 is 5.11 Å². The fourth-order valence-electron chi connectivity index (χ4n) is 8.52. The lowest BCUT2D eigenvalue weighted by Crippen LogP contribution is -2.48. The first-order valence-electron chi connectivity index (χ1n) is 13.3. The first-order chi connectivity index (χ1) is 14.7. The lowest BCUT2D eigenvalue weighted by Gasteiger charge is -2.53. The van der Waals surface area contributed by atoms with Crippen LogP contribution < -0.4 is 4.90 Å². The van der Waals surface area contributed by atoms with E-state index in [1.165, 1.54) is 50.6 Å². The molecule has 1 aromatic rings. The Labute approximate surface area is 191 Å². The zero-order valence-corrected chi connectivity index (χ0v) is 20.8. The van der Waals surface area contributed by atoms with Gasteiger partial charge in [0.25, 0.3) is 0 Å². The molecule has 0 heterocycles. The highest BCUT2D eigenvalue weighted by Crippen LogP contribution is 2.63. The van der Waals surface area contributed by atoms with Crippen molar-refractivity contribution in [2.24, 2.45) is 35.0 Å². The standard InChI is InChI=1S/C29H47NO/c1-6-17-28(3,31)20-22-12-13-25-23(19-22)16-18-29(4)26(14-15-27(25)29)21(2)30(5)24-10-8-7-9-11-24/h7-11,21-23,25-27,31H,6,12-20H2,1-5H3/t21-,22-,23+,25+,26+,27-,28+,29+/m0/s1. The van der Waals surface area contributed by atoms with Crippen molar-refractivity contribution in [3.63, 3.8) is 0 Å². The van der Waals surface area contributed by atoms with Gasteiger partial charge >= 0.3 is 0 Å². The molecular formula is C29H47NO. The predicted molar refractivity (Wildman–Crippen MR) is 132 cm³/mol. The van der Waals surface area contributed by atoms with Crippen molar-refractivity contribution in [2.45, 2.75) is 104 Å². The number of benzene rings is 1. The number of nitrogens with zero attached hydrogens (tertiary/aromatic N) is 1. The van der Waals surface area contributed by atoms with E-state index >= 15 is 0 Å². The minimum atomic E-state index is -0.453. The van der Waals surface area contributed by atoms with E-state index in [2.05, 4.69) is 70.0 Å². The maximum atomic E-state index is 10.8. The van der Waals surface area contributed by atoms with Crippen LogP contribution in [0, 0.1) is 35.0 Å². The number of fused-ring (bicyclic) bond motifs is 3. The van der Waals surface area contributed by atoms with Gasteiger partial charge in [-0.15, -0.1) is 0 Å². The van der Waals surface area contributed by atoms with Gasteiger partial charge in [0.05, 0.1) is 5.60 Å². The van der Waals surface area contributed by atoms with Gasteiger partial charge in [-0.25, -0.2) is 0 Å². The summed E-state index contributed by atoms with van der Waals surface area (Å²) in [5.74, 6) is 4.31. The summed E-state index contributed by atoms with van der Waals surface area (Å²) < 4.78 is 0. The molecular weight excluding hydrogens is 378 g/mol. The first-order valence-corrected chi connectivity index (χ1v) is 13.3.